The maximum absolute atomic E-state index is 13.8. The van der Waals surface area contributed by atoms with Gasteiger partial charge in [0.1, 0.15) is 11.4 Å². The third-order valence-electron chi connectivity index (χ3n) is 5.57. The number of carbonyl (C=O) groups is 2. The normalized spacial score (nSPS) is 18.5. The van der Waals surface area contributed by atoms with Crippen LogP contribution in [0.1, 0.15) is 35.9 Å². The molecule has 1 unspecified atom stereocenters. The zero-order valence-corrected chi connectivity index (χ0v) is 17.6. The summed E-state index contributed by atoms with van der Waals surface area (Å²) in [6, 6.07) is 11.9. The Kier molecular flexibility index (Phi) is 5.31. The van der Waals surface area contributed by atoms with E-state index in [1.165, 1.54) is 11.0 Å². The number of aryl methyl sites for hydroxylation is 3. The molecule has 0 radical (unpaired) electrons. The van der Waals surface area contributed by atoms with Gasteiger partial charge < -0.3 is 9.84 Å². The smallest absolute Gasteiger partial charge is 0.325 e. The monoisotopic (exact) mass is 422 g/mol. The Labute approximate surface area is 179 Å². The lowest BCUT2D eigenvalue weighted by atomic mass is 9.91. The van der Waals surface area contributed by atoms with Crippen molar-refractivity contribution in [2.75, 3.05) is 6.54 Å². The van der Waals surface area contributed by atoms with Crippen LogP contribution < -0.4 is 5.32 Å². The Morgan fingerprint density at radius 2 is 1.87 bits per heavy atom. The van der Waals surface area contributed by atoms with Crippen molar-refractivity contribution in [3.8, 4) is 11.4 Å². The summed E-state index contributed by atoms with van der Waals surface area (Å²) in [6.45, 7) is 5.58. The first-order valence-electron chi connectivity index (χ1n) is 10.1. The highest BCUT2D eigenvalue weighted by atomic mass is 19.1. The number of hydrogen-bond donors (Lipinski definition) is 1. The van der Waals surface area contributed by atoms with Gasteiger partial charge in [0.25, 0.3) is 5.91 Å². The molecule has 2 aromatic carbocycles. The molecule has 160 valence electrons. The van der Waals surface area contributed by atoms with E-state index in [4.69, 9.17) is 4.52 Å². The fraction of sp³-hybridized carbons (Fsp3) is 0.304. The highest BCUT2D eigenvalue weighted by Gasteiger charge is 2.48. The number of nitrogens with zero attached hydrogens (tertiary/aromatic N) is 3. The molecule has 3 aromatic rings. The van der Waals surface area contributed by atoms with Crippen LogP contribution in [0.3, 0.4) is 0 Å². The zero-order chi connectivity index (χ0) is 22.2. The van der Waals surface area contributed by atoms with E-state index in [9.17, 15) is 14.0 Å². The Bertz CT molecular complexity index is 1140. The average Bonchev–Trinajstić information content (AvgIpc) is 3.29. The molecule has 0 bridgehead atoms. The number of benzene rings is 2. The molecular formula is C23H23FN4O3. The van der Waals surface area contributed by atoms with E-state index in [0.717, 1.165) is 11.1 Å². The van der Waals surface area contributed by atoms with Crippen molar-refractivity contribution < 1.29 is 18.5 Å². The summed E-state index contributed by atoms with van der Waals surface area (Å²) >= 11 is 0. The van der Waals surface area contributed by atoms with Crippen molar-refractivity contribution in [2.45, 2.75) is 39.2 Å². The van der Waals surface area contributed by atoms with Crippen LogP contribution in [-0.2, 0) is 16.8 Å². The third-order valence-corrected chi connectivity index (χ3v) is 5.57. The van der Waals surface area contributed by atoms with Crippen molar-refractivity contribution in [2.24, 2.45) is 0 Å². The number of aromatic nitrogens is 2. The second-order valence-corrected chi connectivity index (χ2v) is 7.96. The van der Waals surface area contributed by atoms with Gasteiger partial charge in [-0.15, -0.1) is 0 Å². The van der Waals surface area contributed by atoms with Crippen LogP contribution in [0, 0.1) is 19.7 Å². The molecule has 0 aliphatic carbocycles. The molecule has 7 nitrogen and oxygen atoms in total. The van der Waals surface area contributed by atoms with Gasteiger partial charge in [-0.05, 0) is 44.4 Å². The van der Waals surface area contributed by atoms with E-state index in [0.29, 0.717) is 35.7 Å². The molecule has 1 aromatic heterocycles. The summed E-state index contributed by atoms with van der Waals surface area (Å²) in [5.41, 5.74) is 1.80. The van der Waals surface area contributed by atoms with Crippen LogP contribution in [0.5, 0.6) is 0 Å². The number of hydrogen-bond acceptors (Lipinski definition) is 5. The number of amides is 3. The molecule has 1 atom stereocenters. The van der Waals surface area contributed by atoms with E-state index in [2.05, 4.69) is 15.5 Å². The molecular weight excluding hydrogens is 399 g/mol. The lowest BCUT2D eigenvalue weighted by Crippen LogP contribution is -2.41. The van der Waals surface area contributed by atoms with Crippen molar-refractivity contribution in [1.29, 1.82) is 0 Å². The lowest BCUT2D eigenvalue weighted by molar-refractivity contribution is -0.131. The predicted molar refractivity (Wildman–Crippen MR) is 112 cm³/mol. The van der Waals surface area contributed by atoms with Gasteiger partial charge in [0.15, 0.2) is 0 Å². The summed E-state index contributed by atoms with van der Waals surface area (Å²) < 4.78 is 19.0. The molecule has 0 saturated carbocycles. The van der Waals surface area contributed by atoms with Gasteiger partial charge in [0.05, 0.1) is 0 Å². The summed E-state index contributed by atoms with van der Waals surface area (Å²) in [4.78, 5) is 30.9. The largest absolute Gasteiger partial charge is 0.339 e. The van der Waals surface area contributed by atoms with Crippen LogP contribution in [0.4, 0.5) is 9.18 Å². The molecule has 1 N–H and O–H groups in total. The minimum Gasteiger partial charge on any atom is -0.339 e. The molecule has 1 aliphatic rings. The summed E-state index contributed by atoms with van der Waals surface area (Å²) in [5.74, 6) is 0.0434. The SMILES string of the molecule is Cc1ccc(C2(C)NC(=O)N(CCCc3nc(-c4ccc(C)c(F)c4)no3)C2=O)cc1. The summed E-state index contributed by atoms with van der Waals surface area (Å²) in [5, 5.41) is 6.70. The summed E-state index contributed by atoms with van der Waals surface area (Å²) in [7, 11) is 0. The third kappa shape index (κ3) is 3.93. The first kappa shape index (κ1) is 20.7. The summed E-state index contributed by atoms with van der Waals surface area (Å²) in [6.07, 6.45) is 0.854. The standard InChI is InChI=1S/C23H23FN4O3/c1-14-6-10-17(11-7-14)23(3)21(29)28(22(30)26-23)12-4-5-19-25-20(27-31-19)16-9-8-15(2)18(24)13-16/h6-11,13H,4-5,12H2,1-3H3,(H,26,30). The number of imide groups is 1. The molecule has 0 spiro atoms. The molecule has 4 rings (SSSR count). The Hall–Kier alpha value is -3.55. The molecule has 31 heavy (non-hydrogen) atoms. The minimum absolute atomic E-state index is 0.225. The van der Waals surface area contributed by atoms with Crippen LogP contribution in [0.2, 0.25) is 0 Å². The molecule has 1 saturated heterocycles. The molecule has 3 amide bonds. The second kappa shape index (κ2) is 7.94. The highest BCUT2D eigenvalue weighted by Crippen LogP contribution is 2.29. The van der Waals surface area contributed by atoms with Gasteiger partial charge in [-0.2, -0.15) is 4.98 Å². The Morgan fingerprint density at radius 3 is 2.58 bits per heavy atom. The first-order valence-corrected chi connectivity index (χ1v) is 10.1. The number of rotatable bonds is 6. The van der Waals surface area contributed by atoms with Crippen LogP contribution in [-0.4, -0.2) is 33.5 Å². The minimum atomic E-state index is -1.09. The maximum atomic E-state index is 13.8. The van der Waals surface area contributed by atoms with Gasteiger partial charge in [-0.3, -0.25) is 9.69 Å². The topological polar surface area (TPSA) is 88.3 Å². The van der Waals surface area contributed by atoms with Crippen molar-refractivity contribution in [3.63, 3.8) is 0 Å². The van der Waals surface area contributed by atoms with Gasteiger partial charge >= 0.3 is 6.03 Å². The maximum Gasteiger partial charge on any atom is 0.325 e. The van der Waals surface area contributed by atoms with Gasteiger partial charge in [-0.1, -0.05) is 47.1 Å². The van der Waals surface area contributed by atoms with Crippen molar-refractivity contribution >= 4 is 11.9 Å². The van der Waals surface area contributed by atoms with E-state index in [1.54, 1.807) is 26.0 Å². The molecule has 1 fully saturated rings. The van der Waals surface area contributed by atoms with Crippen molar-refractivity contribution in [3.05, 3.63) is 70.9 Å². The van der Waals surface area contributed by atoms with E-state index >= 15 is 0 Å². The van der Waals surface area contributed by atoms with Crippen LogP contribution in [0.25, 0.3) is 11.4 Å². The van der Waals surface area contributed by atoms with Gasteiger partial charge in [-0.25, -0.2) is 9.18 Å². The fourth-order valence-corrected chi connectivity index (χ4v) is 3.58. The molecule has 8 heteroatoms. The van der Waals surface area contributed by atoms with Crippen LogP contribution >= 0.6 is 0 Å². The van der Waals surface area contributed by atoms with Gasteiger partial charge in [0, 0.05) is 18.5 Å². The number of nitrogens with one attached hydrogen (secondary N) is 1. The lowest BCUT2D eigenvalue weighted by Gasteiger charge is -2.22. The molecule has 2 heterocycles. The van der Waals surface area contributed by atoms with Gasteiger partial charge in [0.2, 0.25) is 11.7 Å². The highest BCUT2D eigenvalue weighted by molar-refractivity contribution is 6.07. The average molecular weight is 422 g/mol. The molecule has 1 aliphatic heterocycles. The zero-order valence-electron chi connectivity index (χ0n) is 17.6. The first-order chi connectivity index (χ1) is 14.8. The number of halogens is 1. The number of carbonyl (C=O) groups excluding carboxylic acids is 2. The van der Waals surface area contributed by atoms with E-state index in [-0.39, 0.29) is 18.3 Å². The Balaban J connectivity index is 1.39. The van der Waals surface area contributed by atoms with E-state index < -0.39 is 11.6 Å². The fourth-order valence-electron chi connectivity index (χ4n) is 3.58. The quantitative estimate of drug-likeness (QED) is 0.609. The predicted octanol–water partition coefficient (Wildman–Crippen LogP) is 3.89. The van der Waals surface area contributed by atoms with E-state index in [1.807, 2.05) is 31.2 Å². The Morgan fingerprint density at radius 1 is 1.13 bits per heavy atom. The van der Waals surface area contributed by atoms with Crippen LogP contribution in [0.15, 0.2) is 47.0 Å². The van der Waals surface area contributed by atoms with Crippen molar-refractivity contribution in [1.82, 2.24) is 20.4 Å². The second-order valence-electron chi connectivity index (χ2n) is 7.96. The number of urea groups is 1.